The van der Waals surface area contributed by atoms with Crippen molar-refractivity contribution < 1.29 is 23.5 Å². The Labute approximate surface area is 96.3 Å². The Morgan fingerprint density at radius 2 is 2.06 bits per heavy atom. The minimum Gasteiger partial charge on any atom is -0.480 e. The number of carbonyl (C=O) groups excluding carboxylic acids is 1. The number of aliphatic carboxylic acids is 1. The second-order valence-corrected chi connectivity index (χ2v) is 3.40. The van der Waals surface area contributed by atoms with E-state index in [4.69, 9.17) is 5.11 Å². The lowest BCUT2D eigenvalue weighted by atomic mass is 10.1. The maximum absolute atomic E-state index is 13.2. The van der Waals surface area contributed by atoms with Crippen molar-refractivity contribution in [3.63, 3.8) is 0 Å². The fraction of sp³-hybridized carbons (Fsp3) is 0.273. The molecule has 1 unspecified atom stereocenters. The smallest absolute Gasteiger partial charge is 0.326 e. The van der Waals surface area contributed by atoms with Crippen molar-refractivity contribution in [1.29, 1.82) is 0 Å². The van der Waals surface area contributed by atoms with Gasteiger partial charge in [0, 0.05) is 0 Å². The number of benzene rings is 1. The Hall–Kier alpha value is -1.98. The van der Waals surface area contributed by atoms with E-state index in [0.29, 0.717) is 0 Å². The summed E-state index contributed by atoms with van der Waals surface area (Å²) in [7, 11) is 0. The van der Waals surface area contributed by atoms with Crippen LogP contribution in [-0.2, 0) is 4.79 Å². The monoisotopic (exact) mass is 243 g/mol. The Balaban J connectivity index is 2.89. The minimum absolute atomic E-state index is 0.151. The van der Waals surface area contributed by atoms with Crippen molar-refractivity contribution in [3.05, 3.63) is 35.4 Å². The first-order chi connectivity index (χ1) is 7.95. The van der Waals surface area contributed by atoms with Gasteiger partial charge in [-0.2, -0.15) is 0 Å². The minimum atomic E-state index is -1.22. The van der Waals surface area contributed by atoms with Gasteiger partial charge in [0.15, 0.2) is 0 Å². The third-order valence-electron chi connectivity index (χ3n) is 2.18. The first-order valence-corrected chi connectivity index (χ1v) is 4.94. The molecule has 1 aromatic rings. The summed E-state index contributed by atoms with van der Waals surface area (Å²) in [5, 5.41) is 10.8. The zero-order chi connectivity index (χ0) is 13.0. The lowest BCUT2D eigenvalue weighted by molar-refractivity contribution is -0.139. The van der Waals surface area contributed by atoms with Gasteiger partial charge in [-0.05, 0) is 24.6 Å². The SMILES string of the molecule is CCC(NC(=O)c1cc(F)ccc1F)C(=O)O. The average molecular weight is 243 g/mol. The average Bonchev–Trinajstić information content (AvgIpc) is 2.28. The highest BCUT2D eigenvalue weighted by molar-refractivity contribution is 5.96. The second-order valence-electron chi connectivity index (χ2n) is 3.40. The lowest BCUT2D eigenvalue weighted by Crippen LogP contribution is -2.40. The predicted octanol–water partition coefficient (Wildman–Crippen LogP) is 1.56. The van der Waals surface area contributed by atoms with Gasteiger partial charge < -0.3 is 10.4 Å². The van der Waals surface area contributed by atoms with Gasteiger partial charge in [-0.3, -0.25) is 4.79 Å². The molecule has 17 heavy (non-hydrogen) atoms. The number of halogens is 2. The summed E-state index contributed by atoms with van der Waals surface area (Å²) >= 11 is 0. The van der Waals surface area contributed by atoms with E-state index in [1.54, 1.807) is 6.92 Å². The van der Waals surface area contributed by atoms with Crippen LogP contribution in [0.1, 0.15) is 23.7 Å². The highest BCUT2D eigenvalue weighted by Crippen LogP contribution is 2.10. The number of rotatable bonds is 4. The Morgan fingerprint density at radius 1 is 1.41 bits per heavy atom. The van der Waals surface area contributed by atoms with Gasteiger partial charge in [0.1, 0.15) is 17.7 Å². The van der Waals surface area contributed by atoms with E-state index < -0.39 is 35.1 Å². The molecule has 0 fully saturated rings. The van der Waals surface area contributed by atoms with E-state index in [2.05, 4.69) is 5.32 Å². The molecule has 0 aliphatic carbocycles. The zero-order valence-electron chi connectivity index (χ0n) is 9.04. The standard InChI is InChI=1S/C11H11F2NO3/c1-2-9(11(16)17)14-10(15)7-5-6(12)3-4-8(7)13/h3-5,9H,2H2,1H3,(H,14,15)(H,16,17). The molecule has 6 heteroatoms. The highest BCUT2D eigenvalue weighted by Gasteiger charge is 2.20. The van der Waals surface area contributed by atoms with Crippen molar-refractivity contribution >= 4 is 11.9 Å². The van der Waals surface area contributed by atoms with Crippen molar-refractivity contribution in [1.82, 2.24) is 5.32 Å². The van der Waals surface area contributed by atoms with E-state index in [1.165, 1.54) is 0 Å². The van der Waals surface area contributed by atoms with Crippen LogP contribution in [-0.4, -0.2) is 23.0 Å². The maximum Gasteiger partial charge on any atom is 0.326 e. The topological polar surface area (TPSA) is 66.4 Å². The van der Waals surface area contributed by atoms with Crippen LogP contribution in [0, 0.1) is 11.6 Å². The molecule has 0 aromatic heterocycles. The molecule has 1 aromatic carbocycles. The van der Waals surface area contributed by atoms with E-state index in [0.717, 1.165) is 18.2 Å². The van der Waals surface area contributed by atoms with Gasteiger partial charge in [0.05, 0.1) is 5.56 Å². The van der Waals surface area contributed by atoms with Crippen LogP contribution in [0.15, 0.2) is 18.2 Å². The first kappa shape index (κ1) is 13.1. The summed E-state index contributed by atoms with van der Waals surface area (Å²) in [4.78, 5) is 22.2. The summed E-state index contributed by atoms with van der Waals surface area (Å²) in [6, 6.07) is 1.29. The normalized spacial score (nSPS) is 11.9. The summed E-state index contributed by atoms with van der Waals surface area (Å²) in [5.41, 5.74) is -0.510. The molecular weight excluding hydrogens is 232 g/mol. The number of carbonyl (C=O) groups is 2. The molecule has 2 N–H and O–H groups in total. The third-order valence-corrected chi connectivity index (χ3v) is 2.18. The number of nitrogens with one attached hydrogen (secondary N) is 1. The maximum atomic E-state index is 13.2. The quantitative estimate of drug-likeness (QED) is 0.843. The molecule has 0 spiro atoms. The lowest BCUT2D eigenvalue weighted by Gasteiger charge is -2.12. The van der Waals surface area contributed by atoms with Crippen LogP contribution in [0.3, 0.4) is 0 Å². The first-order valence-electron chi connectivity index (χ1n) is 4.94. The Morgan fingerprint density at radius 3 is 2.59 bits per heavy atom. The predicted molar refractivity (Wildman–Crippen MR) is 55.5 cm³/mol. The van der Waals surface area contributed by atoms with Crippen LogP contribution >= 0.6 is 0 Å². The number of hydrogen-bond donors (Lipinski definition) is 2. The molecule has 0 bridgehead atoms. The van der Waals surface area contributed by atoms with Gasteiger partial charge in [0.25, 0.3) is 5.91 Å². The van der Waals surface area contributed by atoms with Crippen LogP contribution in [0.4, 0.5) is 8.78 Å². The molecule has 0 radical (unpaired) electrons. The van der Waals surface area contributed by atoms with E-state index in [-0.39, 0.29) is 6.42 Å². The highest BCUT2D eigenvalue weighted by atomic mass is 19.1. The van der Waals surface area contributed by atoms with E-state index in [9.17, 15) is 18.4 Å². The number of carboxylic acid groups (broad SMARTS) is 1. The molecule has 0 heterocycles. The summed E-state index contributed by atoms with van der Waals surface area (Å²) in [6.45, 7) is 1.56. The van der Waals surface area contributed by atoms with Gasteiger partial charge in [-0.15, -0.1) is 0 Å². The summed E-state index contributed by atoms with van der Waals surface area (Å²) in [6.07, 6.45) is 0.151. The number of carboxylic acids is 1. The fourth-order valence-corrected chi connectivity index (χ4v) is 1.25. The number of amides is 1. The molecule has 0 saturated carbocycles. The van der Waals surface area contributed by atoms with Crippen molar-refractivity contribution in [2.45, 2.75) is 19.4 Å². The molecule has 1 atom stereocenters. The molecule has 0 aliphatic rings. The second kappa shape index (κ2) is 5.38. The molecule has 1 amide bonds. The molecule has 0 aliphatic heterocycles. The zero-order valence-corrected chi connectivity index (χ0v) is 9.04. The van der Waals surface area contributed by atoms with Crippen molar-refractivity contribution in [3.8, 4) is 0 Å². The van der Waals surface area contributed by atoms with Crippen LogP contribution < -0.4 is 5.32 Å². The van der Waals surface area contributed by atoms with E-state index in [1.807, 2.05) is 0 Å². The molecule has 92 valence electrons. The molecule has 4 nitrogen and oxygen atoms in total. The number of hydrogen-bond acceptors (Lipinski definition) is 2. The summed E-state index contributed by atoms with van der Waals surface area (Å²) in [5.74, 6) is -3.84. The third kappa shape index (κ3) is 3.24. The van der Waals surface area contributed by atoms with Crippen molar-refractivity contribution in [2.75, 3.05) is 0 Å². The fourth-order valence-electron chi connectivity index (χ4n) is 1.25. The van der Waals surface area contributed by atoms with Gasteiger partial charge >= 0.3 is 5.97 Å². The summed E-state index contributed by atoms with van der Waals surface area (Å²) < 4.78 is 26.0. The van der Waals surface area contributed by atoms with Crippen LogP contribution in [0.25, 0.3) is 0 Å². The molecule has 0 saturated heterocycles. The Bertz CT molecular complexity index is 448. The largest absolute Gasteiger partial charge is 0.480 e. The Kier molecular flexibility index (Phi) is 4.14. The molecular formula is C11H11F2NO3. The molecule has 1 rings (SSSR count). The van der Waals surface area contributed by atoms with Gasteiger partial charge in [-0.1, -0.05) is 6.92 Å². The van der Waals surface area contributed by atoms with Crippen LogP contribution in [0.2, 0.25) is 0 Å². The van der Waals surface area contributed by atoms with Crippen molar-refractivity contribution in [2.24, 2.45) is 0 Å². The van der Waals surface area contributed by atoms with Gasteiger partial charge in [-0.25, -0.2) is 13.6 Å². The van der Waals surface area contributed by atoms with E-state index >= 15 is 0 Å². The van der Waals surface area contributed by atoms with Gasteiger partial charge in [0.2, 0.25) is 0 Å². The van der Waals surface area contributed by atoms with Crippen LogP contribution in [0.5, 0.6) is 0 Å².